The van der Waals surface area contributed by atoms with E-state index in [2.05, 4.69) is 9.72 Å². The van der Waals surface area contributed by atoms with Gasteiger partial charge in [-0.1, -0.05) is 0 Å². The standard InChI is InChI=1S/C10H12N2O5/c1-10(2,9(13)16-3)17-7-5-4-6-11-8(7)12(14)15/h4-6H,1-3H3. The van der Waals surface area contributed by atoms with Crippen LogP contribution >= 0.6 is 0 Å². The molecule has 0 aliphatic carbocycles. The van der Waals surface area contributed by atoms with Crippen molar-refractivity contribution in [3.8, 4) is 5.75 Å². The Morgan fingerprint density at radius 3 is 2.71 bits per heavy atom. The molecule has 7 heteroatoms. The summed E-state index contributed by atoms with van der Waals surface area (Å²) in [6.07, 6.45) is 1.27. The first kappa shape index (κ1) is 12.9. The second-order valence-electron chi connectivity index (χ2n) is 3.69. The smallest absolute Gasteiger partial charge is 0.406 e. The highest BCUT2D eigenvalue weighted by Crippen LogP contribution is 2.27. The Morgan fingerprint density at radius 1 is 1.53 bits per heavy atom. The van der Waals surface area contributed by atoms with Gasteiger partial charge in [-0.25, -0.2) is 4.79 Å². The molecule has 7 nitrogen and oxygen atoms in total. The molecule has 0 unspecified atom stereocenters. The summed E-state index contributed by atoms with van der Waals surface area (Å²) < 4.78 is 9.80. The molecule has 17 heavy (non-hydrogen) atoms. The van der Waals surface area contributed by atoms with Gasteiger partial charge in [-0.15, -0.1) is 0 Å². The van der Waals surface area contributed by atoms with E-state index < -0.39 is 22.3 Å². The van der Waals surface area contributed by atoms with Crippen LogP contribution in [0.3, 0.4) is 0 Å². The number of methoxy groups -OCH3 is 1. The van der Waals surface area contributed by atoms with Crippen LogP contribution in [0.1, 0.15) is 13.8 Å². The number of pyridine rings is 1. The van der Waals surface area contributed by atoms with Gasteiger partial charge < -0.3 is 19.6 Å². The fourth-order valence-corrected chi connectivity index (χ4v) is 1.16. The predicted octanol–water partition coefficient (Wildman–Crippen LogP) is 1.32. The first-order valence-electron chi connectivity index (χ1n) is 4.75. The Kier molecular flexibility index (Phi) is 3.62. The normalized spacial score (nSPS) is 10.8. The van der Waals surface area contributed by atoms with E-state index in [1.165, 1.54) is 39.3 Å². The third kappa shape index (κ3) is 2.90. The summed E-state index contributed by atoms with van der Waals surface area (Å²) in [7, 11) is 1.21. The van der Waals surface area contributed by atoms with Gasteiger partial charge in [-0.2, -0.15) is 0 Å². The zero-order valence-corrected chi connectivity index (χ0v) is 9.67. The van der Waals surface area contributed by atoms with Gasteiger partial charge in [0.05, 0.1) is 7.11 Å². The van der Waals surface area contributed by atoms with E-state index in [0.29, 0.717) is 0 Å². The molecule has 0 aromatic carbocycles. The number of carbonyl (C=O) groups is 1. The second kappa shape index (κ2) is 4.77. The number of nitrogens with zero attached hydrogens (tertiary/aromatic N) is 2. The van der Waals surface area contributed by atoms with Gasteiger partial charge in [0.1, 0.15) is 6.20 Å². The van der Waals surface area contributed by atoms with Crippen molar-refractivity contribution in [2.75, 3.05) is 7.11 Å². The Hall–Kier alpha value is -2.18. The number of carbonyl (C=O) groups excluding carboxylic acids is 1. The first-order valence-corrected chi connectivity index (χ1v) is 4.75. The molecule has 0 fully saturated rings. The van der Waals surface area contributed by atoms with Crippen LogP contribution in [-0.2, 0) is 9.53 Å². The summed E-state index contributed by atoms with van der Waals surface area (Å²) in [5.41, 5.74) is -1.32. The SMILES string of the molecule is COC(=O)C(C)(C)Oc1cccnc1[N+](=O)[O-]. The molecule has 1 aromatic heterocycles. The van der Waals surface area contributed by atoms with E-state index in [9.17, 15) is 14.9 Å². The number of nitro groups is 1. The molecule has 0 saturated heterocycles. The summed E-state index contributed by atoms with van der Waals surface area (Å²) in [5.74, 6) is -1.15. The lowest BCUT2D eigenvalue weighted by atomic mass is 10.1. The van der Waals surface area contributed by atoms with Gasteiger partial charge in [0.2, 0.25) is 11.4 Å². The molecular weight excluding hydrogens is 228 g/mol. The van der Waals surface area contributed by atoms with E-state index in [-0.39, 0.29) is 5.75 Å². The van der Waals surface area contributed by atoms with Crippen molar-refractivity contribution < 1.29 is 19.2 Å². The monoisotopic (exact) mass is 240 g/mol. The average Bonchev–Trinajstić information content (AvgIpc) is 2.27. The number of hydrogen-bond acceptors (Lipinski definition) is 6. The molecule has 1 rings (SSSR count). The van der Waals surface area contributed by atoms with Gasteiger partial charge in [0.15, 0.2) is 0 Å². The second-order valence-corrected chi connectivity index (χ2v) is 3.69. The summed E-state index contributed by atoms with van der Waals surface area (Å²) in [5, 5.41) is 10.7. The minimum atomic E-state index is -1.32. The highest BCUT2D eigenvalue weighted by molar-refractivity contribution is 5.79. The molecular formula is C10H12N2O5. The fraction of sp³-hybridized carbons (Fsp3) is 0.400. The molecule has 0 atom stereocenters. The van der Waals surface area contributed by atoms with Crippen molar-refractivity contribution in [1.82, 2.24) is 4.98 Å². The van der Waals surface area contributed by atoms with Crippen LogP contribution in [0.4, 0.5) is 5.82 Å². The maximum atomic E-state index is 11.4. The van der Waals surface area contributed by atoms with Crippen LogP contribution in [0.2, 0.25) is 0 Å². The van der Waals surface area contributed by atoms with Gasteiger partial charge in [-0.3, -0.25) is 0 Å². The molecule has 92 valence electrons. The molecule has 0 aliphatic rings. The van der Waals surface area contributed by atoms with Crippen molar-refractivity contribution in [2.24, 2.45) is 0 Å². The third-order valence-electron chi connectivity index (χ3n) is 1.97. The number of aromatic nitrogens is 1. The minimum absolute atomic E-state index is 0.0760. The predicted molar refractivity (Wildman–Crippen MR) is 57.6 cm³/mol. The van der Waals surface area contributed by atoms with Gasteiger partial charge in [-0.05, 0) is 35.9 Å². The van der Waals surface area contributed by atoms with Crippen molar-refractivity contribution in [3.05, 3.63) is 28.4 Å². The Balaban J connectivity index is 3.03. The maximum absolute atomic E-state index is 11.4. The number of rotatable bonds is 4. The maximum Gasteiger partial charge on any atom is 0.406 e. The lowest BCUT2D eigenvalue weighted by molar-refractivity contribution is -0.390. The lowest BCUT2D eigenvalue weighted by Crippen LogP contribution is -2.39. The summed E-state index contributed by atoms with van der Waals surface area (Å²) >= 11 is 0. The van der Waals surface area contributed by atoms with Crippen LogP contribution < -0.4 is 4.74 Å². The zero-order chi connectivity index (χ0) is 13.1. The quantitative estimate of drug-likeness (QED) is 0.447. The molecule has 0 amide bonds. The van der Waals surface area contributed by atoms with Gasteiger partial charge in [0, 0.05) is 0 Å². The van der Waals surface area contributed by atoms with Crippen molar-refractivity contribution in [1.29, 1.82) is 0 Å². The Labute approximate surface area is 97.5 Å². The minimum Gasteiger partial charge on any atom is -0.468 e. The van der Waals surface area contributed by atoms with Crippen LogP contribution in [-0.4, -0.2) is 28.6 Å². The number of ether oxygens (including phenoxy) is 2. The van der Waals surface area contributed by atoms with Crippen LogP contribution in [0.25, 0.3) is 0 Å². The summed E-state index contributed by atoms with van der Waals surface area (Å²) in [6, 6.07) is 2.85. The number of hydrogen-bond donors (Lipinski definition) is 0. The molecule has 0 bridgehead atoms. The van der Waals surface area contributed by atoms with Crippen LogP contribution in [0.15, 0.2) is 18.3 Å². The molecule has 1 heterocycles. The van der Waals surface area contributed by atoms with E-state index in [1.807, 2.05) is 0 Å². The van der Waals surface area contributed by atoms with Gasteiger partial charge in [0.25, 0.3) is 0 Å². The summed E-state index contributed by atoms with van der Waals surface area (Å²) in [6.45, 7) is 2.91. The lowest BCUT2D eigenvalue weighted by Gasteiger charge is -2.22. The van der Waals surface area contributed by atoms with E-state index in [1.54, 1.807) is 0 Å². The fourth-order valence-electron chi connectivity index (χ4n) is 1.16. The zero-order valence-electron chi connectivity index (χ0n) is 9.67. The van der Waals surface area contributed by atoms with Crippen molar-refractivity contribution >= 4 is 11.8 Å². The first-order chi connectivity index (χ1) is 7.88. The van der Waals surface area contributed by atoms with Crippen molar-refractivity contribution in [3.63, 3.8) is 0 Å². The van der Waals surface area contributed by atoms with Crippen LogP contribution in [0, 0.1) is 10.1 Å². The average molecular weight is 240 g/mol. The van der Waals surface area contributed by atoms with Crippen LogP contribution in [0.5, 0.6) is 5.75 Å². The van der Waals surface area contributed by atoms with Crippen molar-refractivity contribution in [2.45, 2.75) is 19.4 Å². The van der Waals surface area contributed by atoms with E-state index in [4.69, 9.17) is 4.74 Å². The van der Waals surface area contributed by atoms with E-state index in [0.717, 1.165) is 0 Å². The highest BCUT2D eigenvalue weighted by Gasteiger charge is 2.33. The van der Waals surface area contributed by atoms with E-state index >= 15 is 0 Å². The summed E-state index contributed by atoms with van der Waals surface area (Å²) in [4.78, 5) is 25.0. The molecule has 1 aromatic rings. The molecule has 0 spiro atoms. The molecule has 0 saturated carbocycles. The third-order valence-corrected chi connectivity index (χ3v) is 1.97. The topological polar surface area (TPSA) is 91.6 Å². The Bertz CT molecular complexity index is 444. The number of esters is 1. The molecule has 0 aliphatic heterocycles. The van der Waals surface area contributed by atoms with Gasteiger partial charge >= 0.3 is 11.8 Å². The highest BCUT2D eigenvalue weighted by atomic mass is 16.6. The Morgan fingerprint density at radius 2 is 2.18 bits per heavy atom. The molecule has 0 N–H and O–H groups in total. The molecule has 0 radical (unpaired) electrons. The largest absolute Gasteiger partial charge is 0.468 e.